The number of hydrogen-bond donors (Lipinski definition) is 2. The maximum atomic E-state index is 13.0. The third-order valence-corrected chi connectivity index (χ3v) is 7.45. The van der Waals surface area contributed by atoms with Gasteiger partial charge in [0.1, 0.15) is 12.6 Å². The van der Waals surface area contributed by atoms with Gasteiger partial charge in [0.05, 0.1) is 13.2 Å². The Balaban J connectivity index is 1.17. The van der Waals surface area contributed by atoms with Gasteiger partial charge in [-0.1, -0.05) is 90.7 Å². The Morgan fingerprint density at radius 3 is 2.07 bits per heavy atom. The summed E-state index contributed by atoms with van der Waals surface area (Å²) in [5.74, 6) is 4.76. The van der Waals surface area contributed by atoms with Crippen LogP contribution in [0.3, 0.4) is 0 Å². The minimum Gasteiger partial charge on any atom is -0.467 e. The minimum atomic E-state index is -1.14. The third kappa shape index (κ3) is 7.05. The van der Waals surface area contributed by atoms with E-state index in [1.165, 1.54) is 7.11 Å². The molecule has 44 heavy (non-hydrogen) atoms. The molecule has 0 heterocycles. The molecule has 2 N–H and O–H groups in total. The van der Waals surface area contributed by atoms with Crippen LogP contribution in [0.2, 0.25) is 0 Å². The van der Waals surface area contributed by atoms with Crippen LogP contribution in [-0.4, -0.2) is 43.8 Å². The molecule has 0 bridgehead atoms. The number of allylic oxidation sites excluding steroid dienone is 1. The van der Waals surface area contributed by atoms with E-state index < -0.39 is 30.1 Å². The second kappa shape index (κ2) is 14.0. The molecule has 0 fully saturated rings. The van der Waals surface area contributed by atoms with Gasteiger partial charge < -0.3 is 20.1 Å². The molecule has 4 aromatic rings. The van der Waals surface area contributed by atoms with Gasteiger partial charge in [-0.3, -0.25) is 4.79 Å². The number of nitrogens with one attached hydrogen (secondary N) is 2. The van der Waals surface area contributed by atoms with Gasteiger partial charge in [0, 0.05) is 17.0 Å². The lowest BCUT2D eigenvalue weighted by Crippen LogP contribution is -2.54. The summed E-state index contributed by atoms with van der Waals surface area (Å²) in [5.41, 5.74) is 6.57. The molecular weight excluding hydrogens is 552 g/mol. The molecule has 0 radical (unpaired) electrons. The van der Waals surface area contributed by atoms with Gasteiger partial charge in [0.15, 0.2) is 0 Å². The molecule has 1 aliphatic rings. The van der Waals surface area contributed by atoms with Crippen molar-refractivity contribution in [3.8, 4) is 23.0 Å². The number of alkyl carbamates (subject to hydrolysis) is 1. The molecule has 4 aromatic carbocycles. The zero-order chi connectivity index (χ0) is 30.9. The Labute approximate surface area is 256 Å². The van der Waals surface area contributed by atoms with E-state index in [0.717, 1.165) is 33.4 Å². The van der Waals surface area contributed by atoms with Crippen LogP contribution in [-0.2, 0) is 14.3 Å². The Hall–Kier alpha value is -5.61. The Morgan fingerprint density at radius 2 is 1.43 bits per heavy atom. The minimum absolute atomic E-state index is 0.103. The molecule has 0 unspecified atom stereocenters. The maximum absolute atomic E-state index is 13.0. The summed E-state index contributed by atoms with van der Waals surface area (Å²) in [6, 6.07) is 30.7. The highest BCUT2D eigenvalue weighted by Crippen LogP contribution is 2.44. The highest BCUT2D eigenvalue weighted by molar-refractivity contribution is 5.97. The molecule has 2 atom stereocenters. The topological polar surface area (TPSA) is 93.7 Å². The van der Waals surface area contributed by atoms with Crippen LogP contribution in [0.1, 0.15) is 45.5 Å². The average Bonchev–Trinajstić information content (AvgIpc) is 3.38. The van der Waals surface area contributed by atoms with Gasteiger partial charge in [0.25, 0.3) is 5.91 Å². The summed E-state index contributed by atoms with van der Waals surface area (Å²) in [6.45, 7) is 1.73. The number of rotatable bonds is 8. The zero-order valence-corrected chi connectivity index (χ0v) is 24.5. The Kier molecular flexibility index (Phi) is 9.53. The molecule has 7 nitrogen and oxygen atoms in total. The van der Waals surface area contributed by atoms with Crippen LogP contribution < -0.4 is 10.6 Å². The molecule has 5 rings (SSSR count). The van der Waals surface area contributed by atoms with E-state index in [1.54, 1.807) is 37.3 Å². The lowest BCUT2D eigenvalue weighted by molar-refractivity contribution is -0.143. The first-order valence-corrected chi connectivity index (χ1v) is 14.3. The second-order valence-electron chi connectivity index (χ2n) is 10.3. The van der Waals surface area contributed by atoms with Crippen molar-refractivity contribution >= 4 is 24.0 Å². The van der Waals surface area contributed by atoms with Gasteiger partial charge in [-0.05, 0) is 71.2 Å². The first-order valence-electron chi connectivity index (χ1n) is 14.3. The smallest absolute Gasteiger partial charge is 0.407 e. The first kappa shape index (κ1) is 29.9. The molecule has 0 saturated carbocycles. The van der Waals surface area contributed by atoms with Crippen molar-refractivity contribution in [2.45, 2.75) is 24.9 Å². The van der Waals surface area contributed by atoms with Crippen molar-refractivity contribution in [3.63, 3.8) is 0 Å². The van der Waals surface area contributed by atoms with Crippen LogP contribution in [0, 0.1) is 11.8 Å². The van der Waals surface area contributed by atoms with E-state index in [0.29, 0.717) is 5.56 Å². The number of carbonyl (C=O) groups is 3. The van der Waals surface area contributed by atoms with Gasteiger partial charge in [-0.2, -0.15) is 0 Å². The summed E-state index contributed by atoms with van der Waals surface area (Å²) in [5, 5.41) is 5.35. The number of ether oxygens (including phenoxy) is 2. The molecule has 1 aliphatic carbocycles. The highest BCUT2D eigenvalue weighted by Gasteiger charge is 2.32. The molecule has 0 aliphatic heterocycles. The predicted octanol–water partition coefficient (Wildman–Crippen LogP) is 5.95. The summed E-state index contributed by atoms with van der Waals surface area (Å²) in [6.07, 6.45) is 2.88. The van der Waals surface area contributed by atoms with Crippen molar-refractivity contribution in [2.24, 2.45) is 0 Å². The van der Waals surface area contributed by atoms with Gasteiger partial charge in [0.2, 0.25) is 0 Å². The Bertz CT molecular complexity index is 1690. The fourth-order valence-corrected chi connectivity index (χ4v) is 5.18. The molecule has 220 valence electrons. The molecule has 0 saturated heterocycles. The van der Waals surface area contributed by atoms with E-state index in [4.69, 9.17) is 9.47 Å². The van der Waals surface area contributed by atoms with Crippen LogP contribution >= 0.6 is 0 Å². The van der Waals surface area contributed by atoms with E-state index in [2.05, 4.69) is 34.6 Å². The van der Waals surface area contributed by atoms with Gasteiger partial charge in [-0.15, -0.1) is 0 Å². The quantitative estimate of drug-likeness (QED) is 0.197. The van der Waals surface area contributed by atoms with E-state index >= 15 is 0 Å². The summed E-state index contributed by atoms with van der Waals surface area (Å²) in [4.78, 5) is 38.4. The fourth-order valence-electron chi connectivity index (χ4n) is 5.18. The number of carbonyl (C=O) groups excluding carboxylic acids is 3. The van der Waals surface area contributed by atoms with E-state index in [1.807, 2.05) is 72.8 Å². The lowest BCUT2D eigenvalue weighted by atomic mass is 9.98. The Morgan fingerprint density at radius 1 is 0.818 bits per heavy atom. The van der Waals surface area contributed by atoms with E-state index in [-0.39, 0.29) is 12.5 Å². The highest BCUT2D eigenvalue weighted by atomic mass is 16.5. The number of hydrogen-bond acceptors (Lipinski definition) is 5. The zero-order valence-electron chi connectivity index (χ0n) is 24.5. The number of esters is 1. The van der Waals surface area contributed by atoms with Crippen LogP contribution in [0.5, 0.6) is 0 Å². The molecule has 2 amide bonds. The van der Waals surface area contributed by atoms with Crippen molar-refractivity contribution in [1.82, 2.24) is 10.6 Å². The molecule has 7 heteroatoms. The second-order valence-corrected chi connectivity index (χ2v) is 10.3. The lowest BCUT2D eigenvalue weighted by Gasteiger charge is -2.24. The van der Waals surface area contributed by atoms with Crippen molar-refractivity contribution in [2.75, 3.05) is 13.7 Å². The van der Waals surface area contributed by atoms with Crippen LogP contribution in [0.4, 0.5) is 4.79 Å². The van der Waals surface area contributed by atoms with Crippen LogP contribution in [0.15, 0.2) is 109 Å². The summed E-state index contributed by atoms with van der Waals surface area (Å²) < 4.78 is 10.5. The molecular formula is C37H32N2O5. The predicted molar refractivity (Wildman–Crippen MR) is 170 cm³/mol. The third-order valence-electron chi connectivity index (χ3n) is 7.45. The summed E-state index contributed by atoms with van der Waals surface area (Å²) >= 11 is 0. The normalized spacial score (nSPS) is 13.0. The number of methoxy groups -OCH3 is 1. The van der Waals surface area contributed by atoms with Crippen molar-refractivity contribution in [3.05, 3.63) is 137 Å². The molecule has 0 aromatic heterocycles. The molecule has 0 spiro atoms. The summed E-state index contributed by atoms with van der Waals surface area (Å²) in [7, 11) is 1.23. The maximum Gasteiger partial charge on any atom is 0.407 e. The average molecular weight is 585 g/mol. The monoisotopic (exact) mass is 584 g/mol. The largest absolute Gasteiger partial charge is 0.467 e. The first-order chi connectivity index (χ1) is 21.4. The number of benzene rings is 4. The van der Waals surface area contributed by atoms with Gasteiger partial charge >= 0.3 is 12.1 Å². The SMILES string of the molecule is COC(=O)[C@@H](NC(=O)c1ccc(C=CC#Cc2ccccc2)cc1)[C@@H](C)NC(=O)OCC1c2ccccc2-c2ccccc21. The van der Waals surface area contributed by atoms with Crippen LogP contribution in [0.25, 0.3) is 17.2 Å². The van der Waals surface area contributed by atoms with Crippen molar-refractivity contribution < 1.29 is 23.9 Å². The van der Waals surface area contributed by atoms with Gasteiger partial charge in [-0.25, -0.2) is 9.59 Å². The van der Waals surface area contributed by atoms with E-state index in [9.17, 15) is 14.4 Å². The fraction of sp³-hybridized carbons (Fsp3) is 0.162. The van der Waals surface area contributed by atoms with Crippen molar-refractivity contribution in [1.29, 1.82) is 0 Å². The standard InChI is InChI=1S/C37H32N2O5/c1-25(38-37(42)44-24-33-31-18-10-8-16-29(31)30-17-9-11-19-32(30)33)34(36(41)43-2)39-35(40)28-22-20-27(21-23-28)15-7-6-14-26-12-4-3-5-13-26/h3-5,7-13,15-23,25,33-34H,24H2,1-2H3,(H,38,42)(H,39,40)/t25-,34+/m1/s1. The number of amides is 2. The number of fused-ring (bicyclic) bond motifs is 3.